The molecular formula is C17H23FN6O. The van der Waals surface area contributed by atoms with Gasteiger partial charge in [-0.05, 0) is 24.1 Å². The highest BCUT2D eigenvalue weighted by atomic mass is 19.1. The van der Waals surface area contributed by atoms with Crippen LogP contribution in [-0.4, -0.2) is 66.0 Å². The maximum absolute atomic E-state index is 12.9. The Kier molecular flexibility index (Phi) is 6.47. The molecule has 1 saturated heterocycles. The van der Waals surface area contributed by atoms with Crippen molar-refractivity contribution in [1.82, 2.24) is 20.1 Å². The Balaban J connectivity index is 1.40. The van der Waals surface area contributed by atoms with E-state index in [2.05, 4.69) is 30.7 Å². The minimum atomic E-state index is -0.218. The Hall–Kier alpha value is -2.32. The van der Waals surface area contributed by atoms with E-state index >= 15 is 0 Å². The molecule has 1 aliphatic heterocycles. The largest absolute Gasteiger partial charge is 0.379 e. The summed E-state index contributed by atoms with van der Waals surface area (Å²) in [6.45, 7) is 5.90. The van der Waals surface area contributed by atoms with Crippen LogP contribution in [0, 0.1) is 5.82 Å². The highest BCUT2D eigenvalue weighted by Gasteiger charge is 2.09. The van der Waals surface area contributed by atoms with Crippen LogP contribution in [0.2, 0.25) is 0 Å². The van der Waals surface area contributed by atoms with E-state index < -0.39 is 0 Å². The van der Waals surface area contributed by atoms with Gasteiger partial charge in [0, 0.05) is 32.7 Å². The third kappa shape index (κ3) is 5.91. The lowest BCUT2D eigenvalue weighted by atomic mass is 10.1. The molecule has 1 aliphatic rings. The number of nitrogens with one attached hydrogen (secondary N) is 2. The zero-order chi connectivity index (χ0) is 17.3. The molecule has 0 radical (unpaired) electrons. The van der Waals surface area contributed by atoms with E-state index in [0.29, 0.717) is 18.3 Å². The maximum atomic E-state index is 12.9. The molecule has 134 valence electrons. The van der Waals surface area contributed by atoms with Gasteiger partial charge in [0.1, 0.15) is 5.82 Å². The van der Waals surface area contributed by atoms with E-state index in [4.69, 9.17) is 4.74 Å². The minimum absolute atomic E-state index is 0.218. The number of aromatic nitrogens is 3. The van der Waals surface area contributed by atoms with Gasteiger partial charge in [0.2, 0.25) is 5.95 Å². The van der Waals surface area contributed by atoms with Gasteiger partial charge in [0.05, 0.1) is 19.4 Å². The summed E-state index contributed by atoms with van der Waals surface area (Å²) in [5, 5.41) is 14.4. The van der Waals surface area contributed by atoms with Gasteiger partial charge in [-0.2, -0.15) is 10.1 Å². The van der Waals surface area contributed by atoms with E-state index in [-0.39, 0.29) is 5.82 Å². The molecule has 2 heterocycles. The fraction of sp³-hybridized carbons (Fsp3) is 0.471. The summed E-state index contributed by atoms with van der Waals surface area (Å²) < 4.78 is 18.2. The van der Waals surface area contributed by atoms with E-state index in [9.17, 15) is 4.39 Å². The van der Waals surface area contributed by atoms with Crippen molar-refractivity contribution in [2.45, 2.75) is 6.42 Å². The summed E-state index contributed by atoms with van der Waals surface area (Å²) in [5.41, 5.74) is 1.07. The third-order valence-electron chi connectivity index (χ3n) is 4.01. The fourth-order valence-corrected chi connectivity index (χ4v) is 2.60. The summed E-state index contributed by atoms with van der Waals surface area (Å²) in [6.07, 6.45) is 2.38. The summed E-state index contributed by atoms with van der Waals surface area (Å²) in [4.78, 5) is 6.74. The normalized spacial score (nSPS) is 15.1. The molecule has 3 rings (SSSR count). The van der Waals surface area contributed by atoms with Crippen molar-refractivity contribution < 1.29 is 9.13 Å². The molecule has 25 heavy (non-hydrogen) atoms. The molecule has 8 heteroatoms. The standard InChI is InChI=1S/C17H23FN6O/c18-15-3-1-14(2-4-15)5-6-19-16-13-21-23-17(22-16)20-7-8-24-9-11-25-12-10-24/h1-4,13H,5-12H2,(H2,19,20,22,23). The summed E-state index contributed by atoms with van der Waals surface area (Å²) in [7, 11) is 0. The topological polar surface area (TPSA) is 75.2 Å². The zero-order valence-corrected chi connectivity index (χ0v) is 14.1. The van der Waals surface area contributed by atoms with Crippen LogP contribution in [0.5, 0.6) is 0 Å². The Labute approximate surface area is 146 Å². The Morgan fingerprint density at radius 1 is 1.08 bits per heavy atom. The average Bonchev–Trinajstić information content (AvgIpc) is 2.65. The highest BCUT2D eigenvalue weighted by Crippen LogP contribution is 2.06. The molecule has 1 aromatic heterocycles. The molecule has 0 saturated carbocycles. The van der Waals surface area contributed by atoms with Crippen molar-refractivity contribution in [2.24, 2.45) is 0 Å². The number of morpholine rings is 1. The first-order valence-electron chi connectivity index (χ1n) is 8.51. The molecule has 0 bridgehead atoms. The number of nitrogens with zero attached hydrogens (tertiary/aromatic N) is 4. The molecule has 1 aromatic carbocycles. The monoisotopic (exact) mass is 346 g/mol. The lowest BCUT2D eigenvalue weighted by Gasteiger charge is -2.26. The number of anilines is 2. The van der Waals surface area contributed by atoms with Gasteiger partial charge in [0.15, 0.2) is 5.82 Å². The zero-order valence-electron chi connectivity index (χ0n) is 14.1. The van der Waals surface area contributed by atoms with Crippen LogP contribution in [0.3, 0.4) is 0 Å². The SMILES string of the molecule is Fc1ccc(CCNc2cnnc(NCCN3CCOCC3)n2)cc1. The number of halogens is 1. The van der Waals surface area contributed by atoms with Gasteiger partial charge in [-0.1, -0.05) is 12.1 Å². The molecule has 7 nitrogen and oxygen atoms in total. The predicted molar refractivity (Wildman–Crippen MR) is 94.2 cm³/mol. The molecule has 0 atom stereocenters. The van der Waals surface area contributed by atoms with Crippen molar-refractivity contribution in [3.05, 3.63) is 41.8 Å². The van der Waals surface area contributed by atoms with Crippen LogP contribution in [0.4, 0.5) is 16.2 Å². The second-order valence-corrected chi connectivity index (χ2v) is 5.85. The fourth-order valence-electron chi connectivity index (χ4n) is 2.60. The van der Waals surface area contributed by atoms with Crippen molar-refractivity contribution >= 4 is 11.8 Å². The van der Waals surface area contributed by atoms with Gasteiger partial charge in [-0.25, -0.2) is 4.39 Å². The Morgan fingerprint density at radius 2 is 1.88 bits per heavy atom. The van der Waals surface area contributed by atoms with Crippen LogP contribution in [0.1, 0.15) is 5.56 Å². The first kappa shape index (κ1) is 17.5. The first-order valence-corrected chi connectivity index (χ1v) is 8.51. The Morgan fingerprint density at radius 3 is 2.68 bits per heavy atom. The first-order chi connectivity index (χ1) is 12.3. The van der Waals surface area contributed by atoms with Crippen molar-refractivity contribution in [3.8, 4) is 0 Å². The number of ether oxygens (including phenoxy) is 1. The Bertz CT molecular complexity index is 648. The average molecular weight is 346 g/mol. The van der Waals surface area contributed by atoms with E-state index in [1.807, 2.05) is 0 Å². The third-order valence-corrected chi connectivity index (χ3v) is 4.01. The van der Waals surface area contributed by atoms with Gasteiger partial charge in [0.25, 0.3) is 0 Å². The smallest absolute Gasteiger partial charge is 0.244 e. The number of hydrogen-bond donors (Lipinski definition) is 2. The van der Waals surface area contributed by atoms with Crippen LogP contribution >= 0.6 is 0 Å². The van der Waals surface area contributed by atoms with E-state index in [1.54, 1.807) is 18.3 Å². The lowest BCUT2D eigenvalue weighted by molar-refractivity contribution is 0.0398. The second-order valence-electron chi connectivity index (χ2n) is 5.85. The molecular weight excluding hydrogens is 323 g/mol. The predicted octanol–water partition coefficient (Wildman–Crippen LogP) is 1.41. The van der Waals surface area contributed by atoms with Crippen LogP contribution < -0.4 is 10.6 Å². The van der Waals surface area contributed by atoms with E-state index in [1.165, 1.54) is 12.1 Å². The van der Waals surface area contributed by atoms with Gasteiger partial charge >= 0.3 is 0 Å². The van der Waals surface area contributed by atoms with Crippen LogP contribution in [-0.2, 0) is 11.2 Å². The lowest BCUT2D eigenvalue weighted by Crippen LogP contribution is -2.39. The molecule has 1 fully saturated rings. The molecule has 0 spiro atoms. The number of benzene rings is 1. The molecule has 2 N–H and O–H groups in total. The van der Waals surface area contributed by atoms with Crippen molar-refractivity contribution in [1.29, 1.82) is 0 Å². The summed E-state index contributed by atoms with van der Waals surface area (Å²) >= 11 is 0. The van der Waals surface area contributed by atoms with Gasteiger partial charge < -0.3 is 15.4 Å². The van der Waals surface area contributed by atoms with E-state index in [0.717, 1.165) is 51.4 Å². The maximum Gasteiger partial charge on any atom is 0.244 e. The van der Waals surface area contributed by atoms with Crippen molar-refractivity contribution in [3.63, 3.8) is 0 Å². The second kappa shape index (κ2) is 9.24. The summed E-state index contributed by atoms with van der Waals surface area (Å²) in [6, 6.07) is 6.51. The summed E-state index contributed by atoms with van der Waals surface area (Å²) in [5.74, 6) is 0.968. The molecule has 0 aliphatic carbocycles. The van der Waals surface area contributed by atoms with Gasteiger partial charge in [-0.15, -0.1) is 5.10 Å². The molecule has 2 aromatic rings. The van der Waals surface area contributed by atoms with Crippen LogP contribution in [0.25, 0.3) is 0 Å². The number of hydrogen-bond acceptors (Lipinski definition) is 7. The highest BCUT2D eigenvalue weighted by molar-refractivity contribution is 5.37. The van der Waals surface area contributed by atoms with Crippen LogP contribution in [0.15, 0.2) is 30.5 Å². The quantitative estimate of drug-likeness (QED) is 0.748. The molecule has 0 unspecified atom stereocenters. The number of rotatable bonds is 8. The van der Waals surface area contributed by atoms with Crippen molar-refractivity contribution in [2.75, 3.05) is 56.6 Å². The molecule has 0 amide bonds. The minimum Gasteiger partial charge on any atom is -0.379 e. The van der Waals surface area contributed by atoms with Gasteiger partial charge in [-0.3, -0.25) is 4.90 Å².